The van der Waals surface area contributed by atoms with Crippen molar-refractivity contribution in [1.82, 2.24) is 14.8 Å². The van der Waals surface area contributed by atoms with Crippen molar-refractivity contribution in [3.63, 3.8) is 0 Å². The van der Waals surface area contributed by atoms with Crippen LogP contribution < -0.4 is 0 Å². The van der Waals surface area contributed by atoms with Gasteiger partial charge in [-0.1, -0.05) is 17.8 Å². The van der Waals surface area contributed by atoms with E-state index in [0.29, 0.717) is 5.16 Å². The molecule has 0 aliphatic carbocycles. The van der Waals surface area contributed by atoms with Gasteiger partial charge in [0, 0.05) is 17.8 Å². The van der Waals surface area contributed by atoms with E-state index in [9.17, 15) is 4.79 Å². The molecule has 0 saturated heterocycles. The highest BCUT2D eigenvalue weighted by Gasteiger charge is 2.13. The first-order valence-corrected chi connectivity index (χ1v) is 7.36. The van der Waals surface area contributed by atoms with Gasteiger partial charge in [-0.05, 0) is 18.4 Å². The second-order valence-electron chi connectivity index (χ2n) is 3.58. The zero-order chi connectivity index (χ0) is 13.0. The smallest absolute Gasteiger partial charge is 0.313 e. The summed E-state index contributed by atoms with van der Waals surface area (Å²) in [5, 5.41) is 19.6. The highest BCUT2D eigenvalue weighted by molar-refractivity contribution is 7.99. The van der Waals surface area contributed by atoms with Crippen LogP contribution in [0.2, 0.25) is 0 Å². The number of nitrogens with zero attached hydrogens (tertiary/aromatic N) is 3. The van der Waals surface area contributed by atoms with Crippen molar-refractivity contribution in [2.45, 2.75) is 25.0 Å². The quantitative estimate of drug-likeness (QED) is 0.823. The maximum Gasteiger partial charge on any atom is 0.313 e. The summed E-state index contributed by atoms with van der Waals surface area (Å²) < 4.78 is 1.97. The van der Waals surface area contributed by atoms with E-state index in [-0.39, 0.29) is 5.75 Å². The Morgan fingerprint density at radius 1 is 1.56 bits per heavy atom. The Balaban J connectivity index is 2.13. The summed E-state index contributed by atoms with van der Waals surface area (Å²) in [5.41, 5.74) is 0. The maximum absolute atomic E-state index is 10.6. The molecule has 5 nitrogen and oxygen atoms in total. The van der Waals surface area contributed by atoms with E-state index < -0.39 is 5.97 Å². The molecule has 1 N–H and O–H groups in total. The van der Waals surface area contributed by atoms with E-state index in [2.05, 4.69) is 16.3 Å². The van der Waals surface area contributed by atoms with Crippen molar-refractivity contribution in [2.24, 2.45) is 0 Å². The first-order chi connectivity index (χ1) is 8.70. The van der Waals surface area contributed by atoms with Crippen molar-refractivity contribution in [3.05, 3.63) is 28.2 Å². The van der Waals surface area contributed by atoms with Gasteiger partial charge in [0.05, 0.1) is 5.75 Å². The van der Waals surface area contributed by atoms with E-state index in [4.69, 9.17) is 5.11 Å². The maximum atomic E-state index is 10.6. The van der Waals surface area contributed by atoms with Crippen molar-refractivity contribution >= 4 is 29.1 Å². The number of rotatable bonds is 6. The number of carboxylic acids is 1. The summed E-state index contributed by atoms with van der Waals surface area (Å²) in [6.07, 6.45) is 0.742. The lowest BCUT2D eigenvalue weighted by molar-refractivity contribution is -0.133. The lowest BCUT2D eigenvalue weighted by atomic mass is 10.3. The van der Waals surface area contributed by atoms with Crippen molar-refractivity contribution in [2.75, 3.05) is 5.75 Å². The fourth-order valence-corrected chi connectivity index (χ4v) is 3.01. The molecule has 0 bridgehead atoms. The van der Waals surface area contributed by atoms with Gasteiger partial charge in [0.25, 0.3) is 0 Å². The molecular formula is C11H13N3O2S2. The van der Waals surface area contributed by atoms with Gasteiger partial charge in [-0.25, -0.2) is 0 Å². The van der Waals surface area contributed by atoms with E-state index in [1.807, 2.05) is 22.9 Å². The molecular weight excluding hydrogens is 270 g/mol. The molecule has 0 amide bonds. The van der Waals surface area contributed by atoms with Gasteiger partial charge in [-0.2, -0.15) is 0 Å². The molecule has 2 aromatic rings. The first kappa shape index (κ1) is 13.1. The van der Waals surface area contributed by atoms with Crippen molar-refractivity contribution < 1.29 is 9.90 Å². The number of carbonyl (C=O) groups is 1. The number of carboxylic acid groups (broad SMARTS) is 1. The lowest BCUT2D eigenvalue weighted by Gasteiger charge is -2.05. The van der Waals surface area contributed by atoms with Gasteiger partial charge >= 0.3 is 5.97 Å². The third-order valence-electron chi connectivity index (χ3n) is 2.35. The third-order valence-corrected chi connectivity index (χ3v) is 4.17. The molecule has 0 radical (unpaired) electrons. The Bertz CT molecular complexity index is 522. The van der Waals surface area contributed by atoms with Gasteiger partial charge in [-0.3, -0.25) is 4.79 Å². The van der Waals surface area contributed by atoms with Crippen LogP contribution in [0.5, 0.6) is 0 Å². The number of aromatic nitrogens is 3. The first-order valence-electron chi connectivity index (χ1n) is 5.49. The van der Waals surface area contributed by atoms with Crippen molar-refractivity contribution in [3.8, 4) is 0 Å². The van der Waals surface area contributed by atoms with Gasteiger partial charge in [0.1, 0.15) is 5.82 Å². The average Bonchev–Trinajstić information content (AvgIpc) is 2.96. The molecule has 0 fully saturated rings. The number of thioether (sulfide) groups is 1. The Labute approximate surface area is 113 Å². The van der Waals surface area contributed by atoms with Crippen LogP contribution in [0.1, 0.15) is 17.6 Å². The number of aliphatic carboxylic acids is 1. The van der Waals surface area contributed by atoms with E-state index in [0.717, 1.165) is 18.8 Å². The Hall–Kier alpha value is -1.34. The highest BCUT2D eigenvalue weighted by Crippen LogP contribution is 2.20. The zero-order valence-corrected chi connectivity index (χ0v) is 11.5. The third kappa shape index (κ3) is 3.11. The number of thiophene rings is 1. The molecule has 0 spiro atoms. The zero-order valence-electron chi connectivity index (χ0n) is 9.87. The van der Waals surface area contributed by atoms with Gasteiger partial charge in [0.2, 0.25) is 0 Å². The lowest BCUT2D eigenvalue weighted by Crippen LogP contribution is -2.05. The molecule has 2 aromatic heterocycles. The normalized spacial score (nSPS) is 10.7. The standard InChI is InChI=1S/C11H13N3O2S2/c1-2-14-9(6-8-4-3-5-17-8)12-13-11(14)18-7-10(15)16/h3-5H,2,6-7H2,1H3,(H,15,16). The molecule has 2 heterocycles. The predicted octanol–water partition coefficient (Wildman–Crippen LogP) is 2.13. The molecule has 18 heavy (non-hydrogen) atoms. The molecule has 7 heteroatoms. The molecule has 2 rings (SSSR count). The largest absolute Gasteiger partial charge is 0.481 e. The summed E-state index contributed by atoms with van der Waals surface area (Å²) in [4.78, 5) is 11.8. The molecule has 96 valence electrons. The summed E-state index contributed by atoms with van der Waals surface area (Å²) in [7, 11) is 0. The second kappa shape index (κ2) is 6.01. The summed E-state index contributed by atoms with van der Waals surface area (Å²) in [6.45, 7) is 2.75. The van der Waals surface area contributed by atoms with Crippen LogP contribution in [-0.4, -0.2) is 31.6 Å². The van der Waals surface area contributed by atoms with E-state index >= 15 is 0 Å². The number of hydrogen-bond donors (Lipinski definition) is 1. The van der Waals surface area contributed by atoms with Crippen LogP contribution in [0.4, 0.5) is 0 Å². The Morgan fingerprint density at radius 3 is 3.00 bits per heavy atom. The molecule has 0 aliphatic heterocycles. The van der Waals surface area contributed by atoms with Crippen LogP contribution >= 0.6 is 23.1 Å². The van der Waals surface area contributed by atoms with Crippen LogP contribution in [0.3, 0.4) is 0 Å². The van der Waals surface area contributed by atoms with Gasteiger partial charge in [-0.15, -0.1) is 21.5 Å². The Morgan fingerprint density at radius 2 is 2.39 bits per heavy atom. The monoisotopic (exact) mass is 283 g/mol. The molecule has 0 atom stereocenters. The molecule has 0 aliphatic rings. The van der Waals surface area contributed by atoms with E-state index in [1.165, 1.54) is 16.6 Å². The summed E-state index contributed by atoms with van der Waals surface area (Å²) >= 11 is 2.89. The van der Waals surface area contributed by atoms with Crippen LogP contribution in [0.25, 0.3) is 0 Å². The molecule has 0 saturated carbocycles. The van der Waals surface area contributed by atoms with Gasteiger partial charge in [0.15, 0.2) is 5.16 Å². The fourth-order valence-electron chi connectivity index (χ4n) is 1.57. The molecule has 0 unspecified atom stereocenters. The van der Waals surface area contributed by atoms with Gasteiger partial charge < -0.3 is 9.67 Å². The highest BCUT2D eigenvalue weighted by atomic mass is 32.2. The minimum atomic E-state index is -0.842. The summed E-state index contributed by atoms with van der Waals surface area (Å²) in [6, 6.07) is 4.07. The second-order valence-corrected chi connectivity index (χ2v) is 5.56. The summed E-state index contributed by atoms with van der Waals surface area (Å²) in [5.74, 6) is 0.0511. The van der Waals surface area contributed by atoms with Crippen molar-refractivity contribution in [1.29, 1.82) is 0 Å². The predicted molar refractivity (Wildman–Crippen MR) is 71.2 cm³/mol. The van der Waals surface area contributed by atoms with Crippen LogP contribution in [0.15, 0.2) is 22.7 Å². The minimum Gasteiger partial charge on any atom is -0.481 e. The Kier molecular flexibility index (Phi) is 4.38. The SMILES string of the molecule is CCn1c(Cc2cccs2)nnc1SCC(=O)O. The minimum absolute atomic E-state index is 0.0110. The van der Waals surface area contributed by atoms with Crippen LogP contribution in [-0.2, 0) is 17.8 Å². The number of hydrogen-bond acceptors (Lipinski definition) is 5. The average molecular weight is 283 g/mol. The van der Waals surface area contributed by atoms with E-state index in [1.54, 1.807) is 11.3 Å². The molecule has 0 aromatic carbocycles. The topological polar surface area (TPSA) is 68.0 Å². The van der Waals surface area contributed by atoms with Crippen LogP contribution in [0, 0.1) is 0 Å². The fraction of sp³-hybridized carbons (Fsp3) is 0.364.